The number of hydrogen-bond donors (Lipinski definition) is 2. The highest BCUT2D eigenvalue weighted by molar-refractivity contribution is 6.29. The lowest BCUT2D eigenvalue weighted by Crippen LogP contribution is -2.40. The monoisotopic (exact) mass is 256 g/mol. The SMILES string of the molecule is CCC[C@H](NC(=O)c1ccnc(Cl)c1)C(=O)O. The number of carbonyl (C=O) groups excluding carboxylic acids is 1. The number of hydrogen-bond acceptors (Lipinski definition) is 3. The van der Waals surface area contributed by atoms with Gasteiger partial charge in [-0.15, -0.1) is 0 Å². The minimum atomic E-state index is -1.04. The predicted molar refractivity (Wildman–Crippen MR) is 63.0 cm³/mol. The zero-order valence-electron chi connectivity index (χ0n) is 9.31. The van der Waals surface area contributed by atoms with E-state index in [1.54, 1.807) is 0 Å². The molecule has 1 amide bonds. The van der Waals surface area contributed by atoms with Gasteiger partial charge in [0.2, 0.25) is 0 Å². The Labute approximate surface area is 104 Å². The van der Waals surface area contributed by atoms with Crippen LogP contribution in [0.5, 0.6) is 0 Å². The van der Waals surface area contributed by atoms with E-state index in [1.165, 1.54) is 18.3 Å². The molecule has 0 spiro atoms. The number of aromatic nitrogens is 1. The molecule has 2 N–H and O–H groups in total. The molecular formula is C11H13ClN2O3. The largest absolute Gasteiger partial charge is 0.480 e. The van der Waals surface area contributed by atoms with Crippen LogP contribution in [0.3, 0.4) is 0 Å². The van der Waals surface area contributed by atoms with Gasteiger partial charge in [-0.3, -0.25) is 4.79 Å². The van der Waals surface area contributed by atoms with E-state index in [-0.39, 0.29) is 5.15 Å². The number of rotatable bonds is 5. The molecule has 5 nitrogen and oxygen atoms in total. The first-order chi connectivity index (χ1) is 8.04. The van der Waals surface area contributed by atoms with Crippen LogP contribution < -0.4 is 5.32 Å². The Morgan fingerprint density at radius 2 is 2.29 bits per heavy atom. The molecule has 0 saturated heterocycles. The third kappa shape index (κ3) is 4.03. The van der Waals surface area contributed by atoms with E-state index in [0.717, 1.165) is 0 Å². The normalized spacial score (nSPS) is 11.9. The molecule has 0 aliphatic rings. The molecule has 1 heterocycles. The molecular weight excluding hydrogens is 244 g/mol. The summed E-state index contributed by atoms with van der Waals surface area (Å²) in [5.74, 6) is -1.50. The van der Waals surface area contributed by atoms with Gasteiger partial charge >= 0.3 is 5.97 Å². The van der Waals surface area contributed by atoms with Crippen molar-refractivity contribution in [3.8, 4) is 0 Å². The fourth-order valence-corrected chi connectivity index (χ4v) is 1.51. The van der Waals surface area contributed by atoms with Crippen LogP contribution in [0.25, 0.3) is 0 Å². The second-order valence-corrected chi connectivity index (χ2v) is 3.91. The summed E-state index contributed by atoms with van der Waals surface area (Å²) in [6, 6.07) is 1.99. The summed E-state index contributed by atoms with van der Waals surface area (Å²) >= 11 is 5.64. The van der Waals surface area contributed by atoms with E-state index in [4.69, 9.17) is 16.7 Å². The summed E-state index contributed by atoms with van der Waals surface area (Å²) in [5.41, 5.74) is 0.298. The molecule has 0 bridgehead atoms. The van der Waals surface area contributed by atoms with Gasteiger partial charge in [0.05, 0.1) is 0 Å². The Kier molecular flexibility index (Phi) is 4.90. The van der Waals surface area contributed by atoms with Crippen molar-refractivity contribution in [3.63, 3.8) is 0 Å². The van der Waals surface area contributed by atoms with E-state index < -0.39 is 17.9 Å². The van der Waals surface area contributed by atoms with E-state index in [2.05, 4.69) is 10.3 Å². The summed E-state index contributed by atoms with van der Waals surface area (Å²) in [4.78, 5) is 26.3. The number of halogens is 1. The number of amides is 1. The van der Waals surface area contributed by atoms with Gasteiger partial charge in [0.25, 0.3) is 5.91 Å². The molecule has 0 aromatic carbocycles. The summed E-state index contributed by atoms with van der Waals surface area (Å²) in [5, 5.41) is 11.5. The number of pyridine rings is 1. The lowest BCUT2D eigenvalue weighted by atomic mass is 10.1. The van der Waals surface area contributed by atoms with Crippen LogP contribution >= 0.6 is 11.6 Å². The van der Waals surface area contributed by atoms with Crippen LogP contribution in [0.4, 0.5) is 0 Å². The van der Waals surface area contributed by atoms with Crippen LogP contribution in [0, 0.1) is 0 Å². The second kappa shape index (κ2) is 6.20. The minimum Gasteiger partial charge on any atom is -0.480 e. The van der Waals surface area contributed by atoms with Crippen LogP contribution in [0.2, 0.25) is 5.15 Å². The minimum absolute atomic E-state index is 0.194. The summed E-state index contributed by atoms with van der Waals surface area (Å²) in [6.07, 6.45) is 2.46. The quantitative estimate of drug-likeness (QED) is 0.786. The first kappa shape index (κ1) is 13.4. The smallest absolute Gasteiger partial charge is 0.326 e. The molecule has 1 aromatic heterocycles. The van der Waals surface area contributed by atoms with E-state index in [0.29, 0.717) is 18.4 Å². The zero-order valence-corrected chi connectivity index (χ0v) is 10.1. The molecule has 92 valence electrons. The third-order valence-corrected chi connectivity index (χ3v) is 2.38. The fraction of sp³-hybridized carbons (Fsp3) is 0.364. The third-order valence-electron chi connectivity index (χ3n) is 2.17. The molecule has 1 atom stereocenters. The van der Waals surface area contributed by atoms with Crippen molar-refractivity contribution in [2.24, 2.45) is 0 Å². The van der Waals surface area contributed by atoms with Crippen LogP contribution in [-0.4, -0.2) is 28.0 Å². The van der Waals surface area contributed by atoms with Gasteiger partial charge in [-0.1, -0.05) is 24.9 Å². The molecule has 0 radical (unpaired) electrons. The molecule has 0 unspecified atom stereocenters. The number of carbonyl (C=O) groups is 2. The number of carboxylic acids is 1. The number of nitrogens with one attached hydrogen (secondary N) is 1. The topological polar surface area (TPSA) is 79.3 Å². The molecule has 17 heavy (non-hydrogen) atoms. The summed E-state index contributed by atoms with van der Waals surface area (Å²) in [6.45, 7) is 1.85. The van der Waals surface area contributed by atoms with Gasteiger partial charge in [0.1, 0.15) is 11.2 Å². The van der Waals surface area contributed by atoms with Gasteiger partial charge < -0.3 is 10.4 Å². The lowest BCUT2D eigenvalue weighted by molar-refractivity contribution is -0.139. The first-order valence-corrected chi connectivity index (χ1v) is 5.57. The number of nitrogens with zero attached hydrogens (tertiary/aromatic N) is 1. The number of carboxylic acid groups (broad SMARTS) is 1. The van der Waals surface area contributed by atoms with Crippen LogP contribution in [0.15, 0.2) is 18.3 Å². The number of aliphatic carboxylic acids is 1. The molecule has 1 aromatic rings. The fourth-order valence-electron chi connectivity index (χ4n) is 1.33. The Hall–Kier alpha value is -1.62. The molecule has 0 fully saturated rings. The summed E-state index contributed by atoms with van der Waals surface area (Å²) in [7, 11) is 0. The van der Waals surface area contributed by atoms with Crippen molar-refractivity contribution in [3.05, 3.63) is 29.0 Å². The molecule has 0 aliphatic carbocycles. The lowest BCUT2D eigenvalue weighted by Gasteiger charge is -2.13. The molecule has 0 saturated carbocycles. The van der Waals surface area contributed by atoms with E-state index in [1.807, 2.05) is 6.92 Å². The van der Waals surface area contributed by atoms with Crippen LogP contribution in [-0.2, 0) is 4.79 Å². The maximum absolute atomic E-state index is 11.7. The van der Waals surface area contributed by atoms with Gasteiger partial charge in [-0.2, -0.15) is 0 Å². The molecule has 6 heteroatoms. The van der Waals surface area contributed by atoms with Crippen molar-refractivity contribution in [1.82, 2.24) is 10.3 Å². The van der Waals surface area contributed by atoms with E-state index >= 15 is 0 Å². The highest BCUT2D eigenvalue weighted by Gasteiger charge is 2.19. The van der Waals surface area contributed by atoms with Gasteiger partial charge in [0, 0.05) is 11.8 Å². The average Bonchev–Trinajstić information content (AvgIpc) is 2.28. The maximum atomic E-state index is 11.7. The standard InChI is InChI=1S/C11H13ClN2O3/c1-2-3-8(11(16)17)14-10(15)7-4-5-13-9(12)6-7/h4-6,8H,2-3H2,1H3,(H,14,15)(H,16,17)/t8-/m0/s1. The van der Waals surface area contributed by atoms with Crippen molar-refractivity contribution in [2.75, 3.05) is 0 Å². The Morgan fingerprint density at radius 3 is 2.82 bits per heavy atom. The van der Waals surface area contributed by atoms with Gasteiger partial charge in [-0.05, 0) is 18.6 Å². The Morgan fingerprint density at radius 1 is 1.59 bits per heavy atom. The van der Waals surface area contributed by atoms with Crippen molar-refractivity contribution < 1.29 is 14.7 Å². The van der Waals surface area contributed by atoms with E-state index in [9.17, 15) is 9.59 Å². The Balaban J connectivity index is 2.73. The van der Waals surface area contributed by atoms with Crippen molar-refractivity contribution >= 4 is 23.5 Å². The zero-order chi connectivity index (χ0) is 12.8. The average molecular weight is 257 g/mol. The highest BCUT2D eigenvalue weighted by atomic mass is 35.5. The predicted octanol–water partition coefficient (Wildman–Crippen LogP) is 1.72. The highest BCUT2D eigenvalue weighted by Crippen LogP contribution is 2.07. The van der Waals surface area contributed by atoms with Crippen molar-refractivity contribution in [2.45, 2.75) is 25.8 Å². The Bertz CT molecular complexity index is 423. The second-order valence-electron chi connectivity index (χ2n) is 3.52. The van der Waals surface area contributed by atoms with Crippen LogP contribution in [0.1, 0.15) is 30.1 Å². The van der Waals surface area contributed by atoms with Crippen molar-refractivity contribution in [1.29, 1.82) is 0 Å². The maximum Gasteiger partial charge on any atom is 0.326 e. The first-order valence-electron chi connectivity index (χ1n) is 5.19. The summed E-state index contributed by atoms with van der Waals surface area (Å²) < 4.78 is 0. The molecule has 0 aliphatic heterocycles. The molecule has 1 rings (SSSR count). The van der Waals surface area contributed by atoms with Gasteiger partial charge in [0.15, 0.2) is 0 Å². The van der Waals surface area contributed by atoms with Gasteiger partial charge in [-0.25, -0.2) is 9.78 Å².